The monoisotopic (exact) mass is 361 g/mol. The van der Waals surface area contributed by atoms with E-state index in [9.17, 15) is 4.79 Å². The lowest BCUT2D eigenvalue weighted by Gasteiger charge is -2.32. The highest BCUT2D eigenvalue weighted by Crippen LogP contribution is 2.40. The van der Waals surface area contributed by atoms with Gasteiger partial charge < -0.3 is 14.4 Å². The fraction of sp³-hybridized carbons (Fsp3) is 0.278. The van der Waals surface area contributed by atoms with E-state index in [-0.39, 0.29) is 18.7 Å². The quantitative estimate of drug-likeness (QED) is 0.749. The number of halogens is 1. The molecule has 0 N–H and O–H groups in total. The van der Waals surface area contributed by atoms with Gasteiger partial charge in [0.05, 0.1) is 11.1 Å². The van der Waals surface area contributed by atoms with Crippen LogP contribution in [0.1, 0.15) is 29.0 Å². The van der Waals surface area contributed by atoms with Crippen LogP contribution < -0.4 is 9.47 Å². The van der Waals surface area contributed by atoms with E-state index in [0.717, 1.165) is 18.5 Å². The van der Waals surface area contributed by atoms with Crippen molar-refractivity contribution in [1.82, 2.24) is 4.90 Å². The largest absolute Gasteiger partial charge is 0.454 e. The third-order valence-electron chi connectivity index (χ3n) is 4.43. The first-order valence-corrected chi connectivity index (χ1v) is 9.03. The van der Waals surface area contributed by atoms with E-state index >= 15 is 0 Å². The molecular weight excluding hydrogens is 346 g/mol. The summed E-state index contributed by atoms with van der Waals surface area (Å²) in [5, 5.41) is 2.59. The number of rotatable bonds is 2. The van der Waals surface area contributed by atoms with Crippen LogP contribution in [-0.2, 0) is 11.2 Å². The molecule has 0 spiro atoms. The Kier molecular flexibility index (Phi) is 3.98. The van der Waals surface area contributed by atoms with Gasteiger partial charge in [-0.3, -0.25) is 4.79 Å². The Bertz CT molecular complexity index is 830. The number of ether oxygens (including phenoxy) is 2. The Labute approximate surface area is 149 Å². The molecule has 2 aromatic rings. The lowest BCUT2D eigenvalue weighted by atomic mass is 10.0. The first-order chi connectivity index (χ1) is 11.6. The molecule has 0 aliphatic carbocycles. The second kappa shape index (κ2) is 6.15. The van der Waals surface area contributed by atoms with Gasteiger partial charge in [-0.25, -0.2) is 0 Å². The Morgan fingerprint density at radius 1 is 1.42 bits per heavy atom. The number of nitrogens with zero attached hydrogens (tertiary/aromatic N) is 1. The van der Waals surface area contributed by atoms with Gasteiger partial charge >= 0.3 is 0 Å². The summed E-state index contributed by atoms with van der Waals surface area (Å²) < 4.78 is 10.6. The lowest BCUT2D eigenvalue weighted by Crippen LogP contribution is -2.37. The van der Waals surface area contributed by atoms with Crippen molar-refractivity contribution < 1.29 is 14.3 Å². The minimum Gasteiger partial charge on any atom is -0.454 e. The molecule has 3 heterocycles. The number of hydrogen-bond acceptors (Lipinski definition) is 4. The fourth-order valence-corrected chi connectivity index (χ4v) is 4.39. The molecule has 0 bridgehead atoms. The first-order valence-electron chi connectivity index (χ1n) is 7.77. The second-order valence-corrected chi connectivity index (χ2v) is 7.23. The van der Waals surface area contributed by atoms with E-state index in [1.807, 2.05) is 11.0 Å². The normalized spacial score (nSPS) is 18.9. The minimum atomic E-state index is 0.00754. The number of benzene rings is 1. The van der Waals surface area contributed by atoms with Crippen LogP contribution in [0.15, 0.2) is 29.7 Å². The highest BCUT2D eigenvalue weighted by Gasteiger charge is 2.27. The number of carbonyl (C=O) groups is 1. The predicted molar refractivity (Wildman–Crippen MR) is 94.8 cm³/mol. The van der Waals surface area contributed by atoms with Crippen LogP contribution in [-0.4, -0.2) is 24.1 Å². The average molecular weight is 362 g/mol. The maximum atomic E-state index is 12.6. The molecular formula is C18H16ClNO3S. The maximum Gasteiger partial charge on any atom is 0.247 e. The highest BCUT2D eigenvalue weighted by molar-refractivity contribution is 7.10. The molecule has 1 aromatic carbocycles. The van der Waals surface area contributed by atoms with Crippen molar-refractivity contribution in [2.24, 2.45) is 0 Å². The zero-order chi connectivity index (χ0) is 16.7. The molecule has 1 aromatic heterocycles. The van der Waals surface area contributed by atoms with Gasteiger partial charge in [0.1, 0.15) is 0 Å². The van der Waals surface area contributed by atoms with E-state index in [1.165, 1.54) is 10.4 Å². The predicted octanol–water partition coefficient (Wildman–Crippen LogP) is 4.29. The third kappa shape index (κ3) is 2.68. The Morgan fingerprint density at radius 3 is 3.17 bits per heavy atom. The van der Waals surface area contributed by atoms with Crippen molar-refractivity contribution in [3.63, 3.8) is 0 Å². The van der Waals surface area contributed by atoms with Gasteiger partial charge in [-0.15, -0.1) is 11.3 Å². The minimum absolute atomic E-state index is 0.00754. The smallest absolute Gasteiger partial charge is 0.247 e. The summed E-state index contributed by atoms with van der Waals surface area (Å²) in [5.74, 6) is 1.19. The zero-order valence-corrected chi connectivity index (χ0v) is 14.7. The molecule has 4 rings (SSSR count). The van der Waals surface area contributed by atoms with Crippen LogP contribution in [0.4, 0.5) is 0 Å². The van der Waals surface area contributed by atoms with Gasteiger partial charge in [-0.1, -0.05) is 11.6 Å². The van der Waals surface area contributed by atoms with E-state index in [0.29, 0.717) is 16.5 Å². The number of amides is 1. The summed E-state index contributed by atoms with van der Waals surface area (Å²) in [6.45, 7) is 3.00. The molecule has 0 saturated carbocycles. The Morgan fingerprint density at radius 2 is 2.29 bits per heavy atom. The van der Waals surface area contributed by atoms with E-state index in [1.54, 1.807) is 29.6 Å². The number of hydrogen-bond donors (Lipinski definition) is 0. The molecule has 6 heteroatoms. The van der Waals surface area contributed by atoms with Crippen LogP contribution in [0, 0.1) is 0 Å². The molecule has 0 unspecified atom stereocenters. The van der Waals surface area contributed by atoms with Gasteiger partial charge in [-0.2, -0.15) is 0 Å². The molecule has 0 fully saturated rings. The van der Waals surface area contributed by atoms with Crippen molar-refractivity contribution in [3.05, 3.63) is 50.7 Å². The van der Waals surface area contributed by atoms with E-state index in [2.05, 4.69) is 18.4 Å². The van der Waals surface area contributed by atoms with Gasteiger partial charge in [0.2, 0.25) is 12.7 Å². The van der Waals surface area contributed by atoms with Crippen molar-refractivity contribution in [2.45, 2.75) is 19.4 Å². The number of fused-ring (bicyclic) bond motifs is 2. The topological polar surface area (TPSA) is 38.8 Å². The second-order valence-electron chi connectivity index (χ2n) is 5.83. The third-order valence-corrected chi connectivity index (χ3v) is 5.71. The summed E-state index contributed by atoms with van der Waals surface area (Å²) in [6, 6.07) is 5.83. The summed E-state index contributed by atoms with van der Waals surface area (Å²) >= 11 is 7.94. The zero-order valence-electron chi connectivity index (χ0n) is 13.1. The molecule has 0 radical (unpaired) electrons. The lowest BCUT2D eigenvalue weighted by molar-refractivity contribution is -0.128. The molecule has 1 atom stereocenters. The van der Waals surface area contributed by atoms with Crippen molar-refractivity contribution in [3.8, 4) is 11.5 Å². The van der Waals surface area contributed by atoms with Crippen LogP contribution in [0.2, 0.25) is 5.02 Å². The number of carbonyl (C=O) groups excluding carboxylic acids is 1. The average Bonchev–Trinajstić information content (AvgIpc) is 3.22. The summed E-state index contributed by atoms with van der Waals surface area (Å²) in [6.07, 6.45) is 4.29. The highest BCUT2D eigenvalue weighted by atomic mass is 35.5. The maximum absolute atomic E-state index is 12.6. The molecule has 124 valence electrons. The van der Waals surface area contributed by atoms with Crippen molar-refractivity contribution in [1.29, 1.82) is 0 Å². The van der Waals surface area contributed by atoms with Gasteiger partial charge in [-0.05, 0) is 54.1 Å². The Hall–Kier alpha value is -1.98. The summed E-state index contributed by atoms with van der Waals surface area (Å²) in [4.78, 5) is 15.9. The molecule has 0 saturated heterocycles. The number of thiophene rings is 1. The van der Waals surface area contributed by atoms with Gasteiger partial charge in [0, 0.05) is 17.5 Å². The van der Waals surface area contributed by atoms with Gasteiger partial charge in [0.15, 0.2) is 11.5 Å². The SMILES string of the molecule is C[C@H]1c2ccsc2CCN1C(=O)/C=C/c1cc(Cl)c2c(c1)OCO2. The summed E-state index contributed by atoms with van der Waals surface area (Å²) in [5.41, 5.74) is 2.08. The standard InChI is InChI=1S/C18H16ClNO3S/c1-11-13-5-7-24-16(13)4-6-20(11)17(21)3-2-12-8-14(19)18-15(9-12)22-10-23-18/h2-3,5,7-9,11H,4,6,10H2,1H3/b3-2+/t11-/m0/s1. The van der Waals surface area contributed by atoms with E-state index in [4.69, 9.17) is 21.1 Å². The van der Waals surface area contributed by atoms with Crippen LogP contribution >= 0.6 is 22.9 Å². The molecule has 2 aliphatic heterocycles. The Balaban J connectivity index is 1.52. The first kappa shape index (κ1) is 15.5. The molecule has 1 amide bonds. The summed E-state index contributed by atoms with van der Waals surface area (Å²) in [7, 11) is 0. The molecule has 2 aliphatic rings. The van der Waals surface area contributed by atoms with Crippen LogP contribution in [0.3, 0.4) is 0 Å². The van der Waals surface area contributed by atoms with Crippen LogP contribution in [0.25, 0.3) is 6.08 Å². The fourth-order valence-electron chi connectivity index (χ4n) is 3.16. The molecule has 4 nitrogen and oxygen atoms in total. The van der Waals surface area contributed by atoms with E-state index < -0.39 is 0 Å². The van der Waals surface area contributed by atoms with Gasteiger partial charge in [0.25, 0.3) is 0 Å². The van der Waals surface area contributed by atoms with Crippen LogP contribution in [0.5, 0.6) is 11.5 Å². The molecule has 24 heavy (non-hydrogen) atoms. The van der Waals surface area contributed by atoms with Crippen molar-refractivity contribution in [2.75, 3.05) is 13.3 Å². The van der Waals surface area contributed by atoms with Crippen molar-refractivity contribution >= 4 is 34.9 Å².